The van der Waals surface area contributed by atoms with Crippen molar-refractivity contribution >= 4 is 17.0 Å². The Morgan fingerprint density at radius 1 is 0.974 bits per heavy atom. The average molecular weight is 517 g/mol. The molecule has 196 valence electrons. The highest BCUT2D eigenvalue weighted by atomic mass is 19.2. The first-order valence-corrected chi connectivity index (χ1v) is 13.0. The molecule has 4 aromatic rings. The van der Waals surface area contributed by atoms with Crippen molar-refractivity contribution in [1.82, 2.24) is 19.3 Å². The van der Waals surface area contributed by atoms with Crippen molar-refractivity contribution in [3.63, 3.8) is 0 Å². The van der Waals surface area contributed by atoms with Crippen LogP contribution in [0.3, 0.4) is 0 Å². The van der Waals surface area contributed by atoms with E-state index in [9.17, 15) is 8.78 Å². The first-order chi connectivity index (χ1) is 18.5. The zero-order chi connectivity index (χ0) is 26.3. The number of benzene rings is 1. The van der Waals surface area contributed by atoms with Gasteiger partial charge in [0.25, 0.3) is 0 Å². The standard InChI is InChI=1S/C29H30F2N6O/c1-3-22-14-33-27-12-23(9-10-37(22)27)36-18-29(19-36)16-35(17-29)15-20-5-8-26(32-13-20)28(34-38-4-2)21-6-7-24(30)25(31)11-21/h5-14H,3-4,15-19H2,1-2H3/b34-28+. The molecule has 0 bridgehead atoms. The molecular weight excluding hydrogens is 486 g/mol. The lowest BCUT2D eigenvalue weighted by Crippen LogP contribution is -2.71. The Bertz CT molecular complexity index is 1480. The fraction of sp³-hybridized carbons (Fsp3) is 0.345. The summed E-state index contributed by atoms with van der Waals surface area (Å²) in [6.07, 6.45) is 6.87. The van der Waals surface area contributed by atoms with Gasteiger partial charge in [0.15, 0.2) is 11.6 Å². The molecule has 2 aliphatic heterocycles. The predicted octanol–water partition coefficient (Wildman–Crippen LogP) is 4.68. The summed E-state index contributed by atoms with van der Waals surface area (Å²) in [6, 6.07) is 11.9. The molecule has 2 saturated heterocycles. The molecule has 1 aromatic carbocycles. The summed E-state index contributed by atoms with van der Waals surface area (Å²) < 4.78 is 29.4. The van der Waals surface area contributed by atoms with Crippen LogP contribution in [0.2, 0.25) is 0 Å². The maximum atomic E-state index is 13.8. The third kappa shape index (κ3) is 4.51. The number of rotatable bonds is 8. The molecule has 0 N–H and O–H groups in total. The minimum Gasteiger partial charge on any atom is -0.396 e. The number of fused-ring (bicyclic) bond motifs is 1. The highest BCUT2D eigenvalue weighted by molar-refractivity contribution is 6.11. The van der Waals surface area contributed by atoms with E-state index in [0.717, 1.165) is 62.5 Å². The highest BCUT2D eigenvalue weighted by Crippen LogP contribution is 2.42. The maximum absolute atomic E-state index is 13.8. The van der Waals surface area contributed by atoms with Gasteiger partial charge < -0.3 is 14.1 Å². The zero-order valence-electron chi connectivity index (χ0n) is 21.6. The number of likely N-dealkylation sites (tertiary alicyclic amines) is 1. The molecule has 2 aliphatic rings. The maximum Gasteiger partial charge on any atom is 0.159 e. The van der Waals surface area contributed by atoms with Crippen LogP contribution in [0.5, 0.6) is 0 Å². The van der Waals surface area contributed by atoms with Crippen molar-refractivity contribution < 1.29 is 13.6 Å². The fourth-order valence-corrected chi connectivity index (χ4v) is 5.58. The minimum absolute atomic E-state index is 0.355. The van der Waals surface area contributed by atoms with Crippen LogP contribution in [-0.4, -0.2) is 57.8 Å². The van der Waals surface area contributed by atoms with E-state index in [1.54, 1.807) is 0 Å². The molecule has 0 amide bonds. The number of hydrogen-bond donors (Lipinski definition) is 0. The van der Waals surface area contributed by atoms with Gasteiger partial charge in [-0.2, -0.15) is 0 Å². The third-order valence-corrected chi connectivity index (χ3v) is 7.42. The molecule has 38 heavy (non-hydrogen) atoms. The second-order valence-corrected chi connectivity index (χ2v) is 10.3. The molecule has 6 rings (SSSR count). The van der Waals surface area contributed by atoms with E-state index >= 15 is 0 Å². The Morgan fingerprint density at radius 2 is 1.82 bits per heavy atom. The Hall–Kier alpha value is -3.85. The molecule has 7 nitrogen and oxygen atoms in total. The molecule has 1 spiro atoms. The van der Waals surface area contributed by atoms with E-state index in [2.05, 4.69) is 54.6 Å². The average Bonchev–Trinajstić information content (AvgIpc) is 3.30. The van der Waals surface area contributed by atoms with Crippen LogP contribution in [-0.2, 0) is 17.8 Å². The molecule has 0 unspecified atom stereocenters. The fourth-order valence-electron chi connectivity index (χ4n) is 5.58. The number of hydrogen-bond acceptors (Lipinski definition) is 6. The summed E-state index contributed by atoms with van der Waals surface area (Å²) in [5.41, 5.74) is 6.24. The molecule has 3 aromatic heterocycles. The number of nitrogens with zero attached hydrogens (tertiary/aromatic N) is 6. The summed E-state index contributed by atoms with van der Waals surface area (Å²) in [6.45, 7) is 9.37. The molecule has 9 heteroatoms. The Kier molecular flexibility index (Phi) is 6.31. The lowest BCUT2D eigenvalue weighted by atomic mass is 9.72. The summed E-state index contributed by atoms with van der Waals surface area (Å²) in [5.74, 6) is -1.84. The highest BCUT2D eigenvalue weighted by Gasteiger charge is 2.51. The van der Waals surface area contributed by atoms with E-state index in [4.69, 9.17) is 4.84 Å². The topological polar surface area (TPSA) is 58.3 Å². The van der Waals surface area contributed by atoms with Gasteiger partial charge in [-0.25, -0.2) is 13.8 Å². The van der Waals surface area contributed by atoms with Crippen LogP contribution < -0.4 is 4.90 Å². The summed E-state index contributed by atoms with van der Waals surface area (Å²) in [5, 5.41) is 4.11. The van der Waals surface area contributed by atoms with Gasteiger partial charge in [0.05, 0.1) is 5.69 Å². The Morgan fingerprint density at radius 3 is 2.53 bits per heavy atom. The van der Waals surface area contributed by atoms with Crippen LogP contribution in [0.25, 0.3) is 5.65 Å². The van der Waals surface area contributed by atoms with E-state index in [1.165, 1.54) is 17.4 Å². The van der Waals surface area contributed by atoms with Crippen LogP contribution >= 0.6 is 0 Å². The minimum atomic E-state index is -0.933. The summed E-state index contributed by atoms with van der Waals surface area (Å²) in [7, 11) is 0. The predicted molar refractivity (Wildman–Crippen MR) is 142 cm³/mol. The van der Waals surface area contributed by atoms with Gasteiger partial charge in [-0.3, -0.25) is 9.88 Å². The van der Waals surface area contributed by atoms with Gasteiger partial charge in [-0.1, -0.05) is 18.1 Å². The Labute approximate surface area is 220 Å². The monoisotopic (exact) mass is 516 g/mol. The summed E-state index contributed by atoms with van der Waals surface area (Å²) >= 11 is 0. The van der Waals surface area contributed by atoms with Crippen molar-refractivity contribution in [2.75, 3.05) is 37.7 Å². The second kappa shape index (κ2) is 9.79. The normalized spacial score (nSPS) is 17.1. The molecule has 2 fully saturated rings. The van der Waals surface area contributed by atoms with Crippen LogP contribution in [0.1, 0.15) is 36.4 Å². The molecule has 0 radical (unpaired) electrons. The number of oxime groups is 1. The quantitative estimate of drug-likeness (QED) is 0.251. The van der Waals surface area contributed by atoms with E-state index in [0.29, 0.717) is 29.0 Å². The van der Waals surface area contributed by atoms with Gasteiger partial charge in [0, 0.05) is 79.7 Å². The number of halogens is 2. The van der Waals surface area contributed by atoms with Crippen molar-refractivity contribution in [3.8, 4) is 0 Å². The summed E-state index contributed by atoms with van der Waals surface area (Å²) in [4.78, 5) is 19.2. The number of aromatic nitrogens is 3. The van der Waals surface area contributed by atoms with Gasteiger partial charge in [0.1, 0.15) is 18.0 Å². The largest absolute Gasteiger partial charge is 0.396 e. The van der Waals surface area contributed by atoms with Gasteiger partial charge >= 0.3 is 0 Å². The van der Waals surface area contributed by atoms with E-state index in [-0.39, 0.29) is 0 Å². The van der Waals surface area contributed by atoms with Crippen molar-refractivity contribution in [1.29, 1.82) is 0 Å². The molecule has 0 aliphatic carbocycles. The number of pyridine rings is 2. The van der Waals surface area contributed by atoms with Crippen molar-refractivity contribution in [3.05, 3.63) is 95.2 Å². The van der Waals surface area contributed by atoms with E-state index in [1.807, 2.05) is 31.5 Å². The van der Waals surface area contributed by atoms with E-state index < -0.39 is 11.6 Å². The lowest BCUT2D eigenvalue weighted by molar-refractivity contribution is -0.0273. The lowest BCUT2D eigenvalue weighted by Gasteiger charge is -2.61. The first kappa shape index (κ1) is 24.5. The molecular formula is C29H30F2N6O. The van der Waals surface area contributed by atoms with Gasteiger partial charge in [-0.05, 0) is 49.2 Å². The molecule has 5 heterocycles. The smallest absolute Gasteiger partial charge is 0.159 e. The van der Waals surface area contributed by atoms with Crippen molar-refractivity contribution in [2.45, 2.75) is 26.8 Å². The second-order valence-electron chi connectivity index (χ2n) is 10.3. The number of anilines is 1. The number of aryl methyl sites for hydroxylation is 1. The third-order valence-electron chi connectivity index (χ3n) is 7.42. The van der Waals surface area contributed by atoms with Gasteiger partial charge in [-0.15, -0.1) is 0 Å². The molecule has 0 atom stereocenters. The Balaban J connectivity index is 1.06. The molecule has 0 saturated carbocycles. The van der Waals surface area contributed by atoms with Crippen LogP contribution in [0.4, 0.5) is 14.5 Å². The number of imidazole rings is 1. The van der Waals surface area contributed by atoms with Crippen LogP contribution in [0, 0.1) is 17.0 Å². The van der Waals surface area contributed by atoms with Crippen LogP contribution in [0.15, 0.2) is 66.2 Å². The van der Waals surface area contributed by atoms with Gasteiger partial charge in [0.2, 0.25) is 0 Å². The first-order valence-electron chi connectivity index (χ1n) is 13.0. The SMILES string of the molecule is CCO/N=C(\c1ccc(F)c(F)c1)c1ccc(CN2CC3(C2)CN(c2ccn4c(CC)cnc4c2)C3)cn1. The van der Waals surface area contributed by atoms with Crippen molar-refractivity contribution in [2.24, 2.45) is 10.6 Å². The zero-order valence-corrected chi connectivity index (χ0v) is 21.6.